The van der Waals surface area contributed by atoms with Gasteiger partial charge in [-0.15, -0.1) is 0 Å². The van der Waals surface area contributed by atoms with E-state index in [2.05, 4.69) is 0 Å². The van der Waals surface area contributed by atoms with E-state index in [-0.39, 0.29) is 18.3 Å². The summed E-state index contributed by atoms with van der Waals surface area (Å²) in [5, 5.41) is 8.77. The van der Waals surface area contributed by atoms with Gasteiger partial charge < -0.3 is 15.6 Å². The van der Waals surface area contributed by atoms with E-state index in [1.54, 1.807) is 24.3 Å². The third-order valence-corrected chi connectivity index (χ3v) is 3.85. The van der Waals surface area contributed by atoms with Gasteiger partial charge in [0.25, 0.3) is 0 Å². The average molecular weight is 291 g/mol. The Morgan fingerprint density at radius 3 is 2.38 bits per heavy atom. The molecular formula is C16H21NO4. The number of ether oxygens (including phenoxy) is 1. The van der Waals surface area contributed by atoms with Crippen LogP contribution in [0.1, 0.15) is 37.7 Å². The molecule has 1 aromatic rings. The highest BCUT2D eigenvalue weighted by atomic mass is 16.5. The molecule has 0 aromatic heterocycles. The van der Waals surface area contributed by atoms with Gasteiger partial charge in [0.15, 0.2) is 0 Å². The number of carbonyl (C=O) groups excluding carboxylic acids is 1. The second-order valence-electron chi connectivity index (χ2n) is 5.55. The number of carboxylic acids is 1. The van der Waals surface area contributed by atoms with E-state index >= 15 is 0 Å². The first kappa shape index (κ1) is 15.5. The Morgan fingerprint density at radius 2 is 1.81 bits per heavy atom. The van der Waals surface area contributed by atoms with Gasteiger partial charge in [0.2, 0.25) is 0 Å². The minimum absolute atomic E-state index is 0.0128. The third kappa shape index (κ3) is 4.56. The lowest BCUT2D eigenvalue weighted by Crippen LogP contribution is -2.32. The molecule has 0 aliphatic heterocycles. The summed E-state index contributed by atoms with van der Waals surface area (Å²) in [4.78, 5) is 22.7. The van der Waals surface area contributed by atoms with E-state index in [0.29, 0.717) is 5.75 Å². The molecule has 0 saturated heterocycles. The molecule has 1 aromatic carbocycles. The Morgan fingerprint density at radius 1 is 1.19 bits per heavy atom. The van der Waals surface area contributed by atoms with Crippen molar-refractivity contribution in [3.8, 4) is 5.75 Å². The minimum Gasteiger partial charge on any atom is -0.480 e. The first-order valence-corrected chi connectivity index (χ1v) is 7.35. The number of rotatable bonds is 5. The van der Waals surface area contributed by atoms with Crippen LogP contribution in [0.4, 0.5) is 0 Å². The molecular weight excluding hydrogens is 270 g/mol. The largest absolute Gasteiger partial charge is 0.480 e. The van der Waals surface area contributed by atoms with E-state index in [0.717, 1.165) is 31.2 Å². The van der Waals surface area contributed by atoms with Gasteiger partial charge in [-0.2, -0.15) is 0 Å². The third-order valence-electron chi connectivity index (χ3n) is 3.85. The fraction of sp³-hybridized carbons (Fsp3) is 0.500. The molecule has 1 fully saturated rings. The van der Waals surface area contributed by atoms with Crippen molar-refractivity contribution in [1.29, 1.82) is 0 Å². The van der Waals surface area contributed by atoms with Crippen LogP contribution in [0.25, 0.3) is 0 Å². The molecule has 0 amide bonds. The lowest BCUT2D eigenvalue weighted by atomic mass is 9.89. The molecule has 0 spiro atoms. The summed E-state index contributed by atoms with van der Waals surface area (Å²) in [5.74, 6) is -0.676. The zero-order valence-electron chi connectivity index (χ0n) is 12.0. The topological polar surface area (TPSA) is 89.6 Å². The second kappa shape index (κ2) is 7.22. The number of benzene rings is 1. The van der Waals surface area contributed by atoms with Crippen LogP contribution in [0.15, 0.2) is 24.3 Å². The summed E-state index contributed by atoms with van der Waals surface area (Å²) in [6, 6.07) is 5.94. The van der Waals surface area contributed by atoms with Crippen molar-refractivity contribution >= 4 is 11.9 Å². The summed E-state index contributed by atoms with van der Waals surface area (Å²) < 4.78 is 5.37. The quantitative estimate of drug-likeness (QED) is 0.640. The maximum Gasteiger partial charge on any atom is 0.320 e. The molecule has 1 saturated carbocycles. The second-order valence-corrected chi connectivity index (χ2v) is 5.55. The molecule has 1 aliphatic rings. The monoisotopic (exact) mass is 291 g/mol. The van der Waals surface area contributed by atoms with Crippen molar-refractivity contribution in [1.82, 2.24) is 0 Å². The van der Waals surface area contributed by atoms with Gasteiger partial charge in [-0.25, -0.2) is 0 Å². The van der Waals surface area contributed by atoms with Gasteiger partial charge in [-0.1, -0.05) is 31.4 Å². The van der Waals surface area contributed by atoms with Crippen LogP contribution in [-0.4, -0.2) is 23.1 Å². The lowest BCUT2D eigenvalue weighted by molar-refractivity contribution is -0.140. The predicted molar refractivity (Wildman–Crippen MR) is 78.0 cm³/mol. The first-order valence-electron chi connectivity index (χ1n) is 7.35. The van der Waals surface area contributed by atoms with Crippen LogP contribution >= 0.6 is 0 Å². The van der Waals surface area contributed by atoms with Crippen molar-refractivity contribution < 1.29 is 19.4 Å². The number of carbonyl (C=O) groups is 2. The Labute approximate surface area is 124 Å². The van der Waals surface area contributed by atoms with Gasteiger partial charge in [-0.3, -0.25) is 9.59 Å². The van der Waals surface area contributed by atoms with E-state index < -0.39 is 12.0 Å². The van der Waals surface area contributed by atoms with Crippen LogP contribution < -0.4 is 10.5 Å². The van der Waals surface area contributed by atoms with Crippen LogP contribution in [0.2, 0.25) is 0 Å². The summed E-state index contributed by atoms with van der Waals surface area (Å²) >= 11 is 0. The van der Waals surface area contributed by atoms with Crippen LogP contribution in [0.3, 0.4) is 0 Å². The van der Waals surface area contributed by atoms with Crippen molar-refractivity contribution in [3.63, 3.8) is 0 Å². The number of aliphatic carboxylic acids is 1. The fourth-order valence-electron chi connectivity index (χ4n) is 2.57. The molecule has 21 heavy (non-hydrogen) atoms. The van der Waals surface area contributed by atoms with E-state index in [1.807, 2.05) is 0 Å². The maximum atomic E-state index is 12.0. The van der Waals surface area contributed by atoms with Gasteiger partial charge in [-0.05, 0) is 37.0 Å². The Hall–Kier alpha value is -1.88. The van der Waals surface area contributed by atoms with Gasteiger partial charge in [0, 0.05) is 0 Å². The summed E-state index contributed by atoms with van der Waals surface area (Å²) in [6.07, 6.45) is 5.45. The van der Waals surface area contributed by atoms with E-state index in [4.69, 9.17) is 15.6 Å². The molecule has 5 nitrogen and oxygen atoms in total. The average Bonchev–Trinajstić information content (AvgIpc) is 2.50. The fourth-order valence-corrected chi connectivity index (χ4v) is 2.57. The van der Waals surface area contributed by atoms with Gasteiger partial charge >= 0.3 is 11.9 Å². The molecule has 5 heteroatoms. The Balaban J connectivity index is 1.89. The molecule has 0 unspecified atom stereocenters. The predicted octanol–water partition coefficient (Wildman–Crippen LogP) is 2.13. The zero-order chi connectivity index (χ0) is 15.2. The molecule has 3 N–H and O–H groups in total. The SMILES string of the molecule is N[C@@H](Cc1ccc(OC(=O)C2CCCCC2)cc1)C(=O)O. The standard InChI is InChI=1S/C16H21NO4/c17-14(15(18)19)10-11-6-8-13(9-7-11)21-16(20)12-4-2-1-3-5-12/h6-9,12,14H,1-5,10,17H2,(H,18,19)/t14-/m0/s1. The number of hydrogen-bond acceptors (Lipinski definition) is 4. The smallest absolute Gasteiger partial charge is 0.320 e. The molecule has 114 valence electrons. The first-order chi connectivity index (χ1) is 10.1. The van der Waals surface area contributed by atoms with Gasteiger partial charge in [0.05, 0.1) is 5.92 Å². The van der Waals surface area contributed by atoms with E-state index in [9.17, 15) is 9.59 Å². The number of hydrogen-bond donors (Lipinski definition) is 2. The summed E-state index contributed by atoms with van der Waals surface area (Å²) in [6.45, 7) is 0. The highest BCUT2D eigenvalue weighted by molar-refractivity contribution is 5.75. The maximum absolute atomic E-state index is 12.0. The van der Waals surface area contributed by atoms with Crippen molar-refractivity contribution in [2.75, 3.05) is 0 Å². The highest BCUT2D eigenvalue weighted by Crippen LogP contribution is 2.25. The number of carboxylic acid groups (broad SMARTS) is 1. The molecule has 0 bridgehead atoms. The van der Waals surface area contributed by atoms with Crippen LogP contribution in [0, 0.1) is 5.92 Å². The molecule has 0 heterocycles. The van der Waals surface area contributed by atoms with Crippen LogP contribution in [-0.2, 0) is 16.0 Å². The summed E-state index contributed by atoms with van der Waals surface area (Å²) in [5.41, 5.74) is 6.29. The normalized spacial score (nSPS) is 17.2. The number of nitrogens with two attached hydrogens (primary N) is 1. The van der Waals surface area contributed by atoms with Crippen molar-refractivity contribution in [2.45, 2.75) is 44.6 Å². The highest BCUT2D eigenvalue weighted by Gasteiger charge is 2.23. The van der Waals surface area contributed by atoms with Gasteiger partial charge in [0.1, 0.15) is 11.8 Å². The Kier molecular flexibility index (Phi) is 5.33. The summed E-state index contributed by atoms with van der Waals surface area (Å²) in [7, 11) is 0. The van der Waals surface area contributed by atoms with E-state index in [1.165, 1.54) is 6.42 Å². The molecule has 1 atom stereocenters. The molecule has 2 rings (SSSR count). The molecule has 1 aliphatic carbocycles. The minimum atomic E-state index is -1.03. The number of esters is 1. The van der Waals surface area contributed by atoms with Crippen molar-refractivity contribution in [3.05, 3.63) is 29.8 Å². The zero-order valence-corrected chi connectivity index (χ0v) is 12.0. The van der Waals surface area contributed by atoms with Crippen molar-refractivity contribution in [2.24, 2.45) is 11.7 Å². The molecule has 0 radical (unpaired) electrons. The lowest BCUT2D eigenvalue weighted by Gasteiger charge is -2.19. The van der Waals surface area contributed by atoms with Crippen LogP contribution in [0.5, 0.6) is 5.75 Å². The Bertz CT molecular complexity index is 492.